The third-order valence-corrected chi connectivity index (χ3v) is 2.69. The van der Waals surface area contributed by atoms with Crippen LogP contribution in [0.25, 0.3) is 0 Å². The first-order valence-corrected chi connectivity index (χ1v) is 5.96. The van der Waals surface area contributed by atoms with Gasteiger partial charge in [-0.25, -0.2) is 0 Å². The van der Waals surface area contributed by atoms with E-state index in [2.05, 4.69) is 10.1 Å². The molecule has 0 radical (unpaired) electrons. The molecule has 106 valence electrons. The van der Waals surface area contributed by atoms with Crippen molar-refractivity contribution in [3.63, 3.8) is 0 Å². The number of amides is 1. The lowest BCUT2D eigenvalue weighted by atomic mass is 10.1. The molecule has 0 heterocycles. The molecule has 0 aliphatic rings. The summed E-state index contributed by atoms with van der Waals surface area (Å²) in [5.74, 6) is -0.461. The van der Waals surface area contributed by atoms with E-state index in [4.69, 9.17) is 5.73 Å². The number of benzene rings is 1. The molecule has 0 aromatic heterocycles. The smallest absolute Gasteiger partial charge is 0.387 e. The summed E-state index contributed by atoms with van der Waals surface area (Å²) >= 11 is 0. The lowest BCUT2D eigenvalue weighted by molar-refractivity contribution is -0.124. The maximum Gasteiger partial charge on any atom is 0.387 e. The van der Waals surface area contributed by atoms with Crippen molar-refractivity contribution in [2.45, 2.75) is 27.0 Å². The van der Waals surface area contributed by atoms with Gasteiger partial charge in [-0.05, 0) is 13.0 Å². The van der Waals surface area contributed by atoms with Crippen molar-refractivity contribution in [3.8, 4) is 5.75 Å². The molecule has 0 bridgehead atoms. The Hall–Kier alpha value is -1.69. The van der Waals surface area contributed by atoms with Crippen LogP contribution in [0.1, 0.15) is 18.1 Å². The Morgan fingerprint density at radius 1 is 1.47 bits per heavy atom. The molecular formula is C13H18F2N2O2. The van der Waals surface area contributed by atoms with Crippen LogP contribution in [0, 0.1) is 12.8 Å². The second kappa shape index (κ2) is 7.04. The number of ether oxygens (including phenoxy) is 1. The van der Waals surface area contributed by atoms with Gasteiger partial charge in [-0.15, -0.1) is 0 Å². The van der Waals surface area contributed by atoms with E-state index in [1.54, 1.807) is 19.1 Å². The molecule has 4 nitrogen and oxygen atoms in total. The monoisotopic (exact) mass is 272 g/mol. The van der Waals surface area contributed by atoms with Crippen LogP contribution in [0.3, 0.4) is 0 Å². The normalized spacial score (nSPS) is 12.3. The number of hydrogen-bond donors (Lipinski definition) is 2. The third-order valence-electron chi connectivity index (χ3n) is 2.69. The molecule has 1 amide bonds. The van der Waals surface area contributed by atoms with E-state index in [-0.39, 0.29) is 30.7 Å². The second-order valence-electron chi connectivity index (χ2n) is 4.34. The Labute approximate surface area is 110 Å². The van der Waals surface area contributed by atoms with Gasteiger partial charge in [0, 0.05) is 24.6 Å². The van der Waals surface area contributed by atoms with Crippen molar-refractivity contribution in [1.29, 1.82) is 0 Å². The Bertz CT molecular complexity index is 439. The average Bonchev–Trinajstić information content (AvgIpc) is 2.37. The fourth-order valence-electron chi connectivity index (χ4n) is 1.52. The van der Waals surface area contributed by atoms with Gasteiger partial charge in [0.05, 0.1) is 0 Å². The van der Waals surface area contributed by atoms with Crippen LogP contribution >= 0.6 is 0 Å². The largest absolute Gasteiger partial charge is 0.434 e. The lowest BCUT2D eigenvalue weighted by Gasteiger charge is -2.14. The van der Waals surface area contributed by atoms with Crippen LogP contribution in [0.2, 0.25) is 0 Å². The predicted octanol–water partition coefficient (Wildman–Crippen LogP) is 1.81. The zero-order chi connectivity index (χ0) is 14.4. The van der Waals surface area contributed by atoms with Crippen molar-refractivity contribution in [2.75, 3.05) is 6.54 Å². The summed E-state index contributed by atoms with van der Waals surface area (Å²) in [6, 6.07) is 4.84. The number of halogens is 2. The molecule has 0 aliphatic heterocycles. The van der Waals surface area contributed by atoms with E-state index in [0.29, 0.717) is 5.56 Å². The molecule has 1 aromatic carbocycles. The number of carbonyl (C=O) groups is 1. The third kappa shape index (κ3) is 4.82. The molecule has 0 fully saturated rings. The van der Waals surface area contributed by atoms with Crippen LogP contribution in [0.5, 0.6) is 5.75 Å². The number of hydrogen-bond acceptors (Lipinski definition) is 3. The molecular weight excluding hydrogens is 254 g/mol. The van der Waals surface area contributed by atoms with Crippen LogP contribution in [0.15, 0.2) is 18.2 Å². The molecule has 0 aliphatic carbocycles. The number of rotatable bonds is 6. The van der Waals surface area contributed by atoms with Crippen molar-refractivity contribution < 1.29 is 18.3 Å². The van der Waals surface area contributed by atoms with E-state index < -0.39 is 6.61 Å². The van der Waals surface area contributed by atoms with E-state index in [0.717, 1.165) is 5.56 Å². The Kier molecular flexibility index (Phi) is 5.69. The van der Waals surface area contributed by atoms with Gasteiger partial charge in [0.25, 0.3) is 0 Å². The van der Waals surface area contributed by atoms with Crippen LogP contribution in [-0.2, 0) is 11.3 Å². The van der Waals surface area contributed by atoms with E-state index in [1.807, 2.05) is 6.92 Å². The average molecular weight is 272 g/mol. The summed E-state index contributed by atoms with van der Waals surface area (Å²) in [7, 11) is 0. The van der Waals surface area contributed by atoms with E-state index in [1.165, 1.54) is 6.07 Å². The van der Waals surface area contributed by atoms with Crippen LogP contribution in [-0.4, -0.2) is 19.1 Å². The number of nitrogens with two attached hydrogens (primary N) is 1. The van der Waals surface area contributed by atoms with Crippen LogP contribution < -0.4 is 15.8 Å². The molecule has 1 aromatic rings. The maximum absolute atomic E-state index is 12.3. The molecule has 0 spiro atoms. The van der Waals surface area contributed by atoms with E-state index >= 15 is 0 Å². The number of nitrogens with one attached hydrogen (secondary N) is 1. The first-order valence-electron chi connectivity index (χ1n) is 5.96. The summed E-state index contributed by atoms with van der Waals surface area (Å²) in [5, 5.41) is 2.65. The lowest BCUT2D eigenvalue weighted by Crippen LogP contribution is -2.32. The van der Waals surface area contributed by atoms with Crippen molar-refractivity contribution in [1.82, 2.24) is 5.32 Å². The highest BCUT2D eigenvalue weighted by Gasteiger charge is 2.13. The quantitative estimate of drug-likeness (QED) is 0.830. The van der Waals surface area contributed by atoms with Gasteiger partial charge in [0.2, 0.25) is 5.91 Å². The highest BCUT2D eigenvalue weighted by atomic mass is 19.3. The summed E-state index contributed by atoms with van der Waals surface area (Å²) in [4.78, 5) is 11.6. The fraction of sp³-hybridized carbons (Fsp3) is 0.462. The molecule has 0 saturated carbocycles. The molecule has 3 N–H and O–H groups in total. The van der Waals surface area contributed by atoms with Gasteiger partial charge in [-0.1, -0.05) is 24.6 Å². The number of alkyl halides is 2. The van der Waals surface area contributed by atoms with Crippen molar-refractivity contribution >= 4 is 5.91 Å². The molecule has 1 atom stereocenters. The summed E-state index contributed by atoms with van der Waals surface area (Å²) in [5.41, 5.74) is 6.79. The Morgan fingerprint density at radius 2 is 2.16 bits per heavy atom. The number of aryl methyl sites for hydroxylation is 1. The predicted molar refractivity (Wildman–Crippen MR) is 67.9 cm³/mol. The minimum absolute atomic E-state index is 0.0706. The van der Waals surface area contributed by atoms with Gasteiger partial charge < -0.3 is 15.8 Å². The fourth-order valence-corrected chi connectivity index (χ4v) is 1.52. The van der Waals surface area contributed by atoms with Crippen molar-refractivity contribution in [3.05, 3.63) is 29.3 Å². The molecule has 0 saturated heterocycles. The summed E-state index contributed by atoms with van der Waals surface area (Å²) in [6.45, 7) is 1.01. The molecule has 19 heavy (non-hydrogen) atoms. The minimum Gasteiger partial charge on any atom is -0.434 e. The molecule has 1 unspecified atom stereocenters. The standard InChI is InChI=1S/C13H18F2N2O2/c1-8-3-4-11(19-13(14)15)10(5-8)7-17-12(18)9(2)6-16/h3-5,9,13H,6-7,16H2,1-2H3,(H,17,18). The highest BCUT2D eigenvalue weighted by Crippen LogP contribution is 2.22. The van der Waals surface area contributed by atoms with Crippen LogP contribution in [0.4, 0.5) is 8.78 Å². The topological polar surface area (TPSA) is 64.3 Å². The molecule has 1 rings (SSSR count). The molecule has 6 heteroatoms. The first-order chi connectivity index (χ1) is 8.93. The zero-order valence-corrected chi connectivity index (χ0v) is 11.0. The van der Waals surface area contributed by atoms with Gasteiger partial charge >= 0.3 is 6.61 Å². The maximum atomic E-state index is 12.3. The Morgan fingerprint density at radius 3 is 2.74 bits per heavy atom. The summed E-state index contributed by atoms with van der Waals surface area (Å²) < 4.78 is 28.9. The minimum atomic E-state index is -2.89. The first kappa shape index (κ1) is 15.4. The van der Waals surface area contributed by atoms with Gasteiger partial charge in [0.15, 0.2) is 0 Å². The zero-order valence-electron chi connectivity index (χ0n) is 11.0. The van der Waals surface area contributed by atoms with Gasteiger partial charge in [-0.2, -0.15) is 8.78 Å². The van der Waals surface area contributed by atoms with Crippen molar-refractivity contribution in [2.24, 2.45) is 11.7 Å². The summed E-state index contributed by atoms with van der Waals surface area (Å²) in [6.07, 6.45) is 0. The highest BCUT2D eigenvalue weighted by molar-refractivity contribution is 5.78. The van der Waals surface area contributed by atoms with E-state index in [9.17, 15) is 13.6 Å². The Balaban J connectivity index is 2.75. The number of carbonyl (C=O) groups excluding carboxylic acids is 1. The van der Waals surface area contributed by atoms with Gasteiger partial charge in [0.1, 0.15) is 5.75 Å². The SMILES string of the molecule is Cc1ccc(OC(F)F)c(CNC(=O)C(C)CN)c1. The second-order valence-corrected chi connectivity index (χ2v) is 4.34. The van der Waals surface area contributed by atoms with Gasteiger partial charge in [-0.3, -0.25) is 4.79 Å².